The van der Waals surface area contributed by atoms with E-state index in [1.165, 1.54) is 18.7 Å². The summed E-state index contributed by atoms with van der Waals surface area (Å²) in [6, 6.07) is 9.32. The SMILES string of the molecule is CS/C(=N\C(C)=O)NC(=O)OCc1ccccc1. The van der Waals surface area contributed by atoms with Gasteiger partial charge in [0.15, 0.2) is 5.17 Å². The van der Waals surface area contributed by atoms with Crippen LogP contribution in [0.4, 0.5) is 4.79 Å². The number of benzene rings is 1. The number of carbonyl (C=O) groups is 2. The van der Waals surface area contributed by atoms with Crippen molar-refractivity contribution in [2.24, 2.45) is 4.99 Å². The van der Waals surface area contributed by atoms with Gasteiger partial charge in [0.2, 0.25) is 5.91 Å². The molecule has 0 heterocycles. The van der Waals surface area contributed by atoms with Gasteiger partial charge in [0, 0.05) is 6.92 Å². The highest BCUT2D eigenvalue weighted by atomic mass is 32.2. The predicted molar refractivity (Wildman–Crippen MR) is 71.4 cm³/mol. The van der Waals surface area contributed by atoms with Crippen LogP contribution in [0.3, 0.4) is 0 Å². The first-order valence-electron chi connectivity index (χ1n) is 5.22. The Hall–Kier alpha value is -1.82. The number of hydrogen-bond donors (Lipinski definition) is 1. The van der Waals surface area contributed by atoms with Crippen LogP contribution >= 0.6 is 11.8 Å². The van der Waals surface area contributed by atoms with Crippen molar-refractivity contribution in [3.8, 4) is 0 Å². The molecule has 18 heavy (non-hydrogen) atoms. The summed E-state index contributed by atoms with van der Waals surface area (Å²) < 4.78 is 4.99. The zero-order valence-electron chi connectivity index (χ0n) is 10.2. The third-order valence-corrected chi connectivity index (χ3v) is 2.45. The molecular weight excluding hydrogens is 252 g/mol. The maximum absolute atomic E-state index is 11.4. The smallest absolute Gasteiger partial charge is 0.413 e. The first-order valence-corrected chi connectivity index (χ1v) is 6.45. The second kappa shape index (κ2) is 7.50. The van der Waals surface area contributed by atoms with Gasteiger partial charge in [-0.2, -0.15) is 4.99 Å². The largest absolute Gasteiger partial charge is 0.444 e. The molecule has 0 aliphatic carbocycles. The van der Waals surface area contributed by atoms with Crippen LogP contribution in [0.5, 0.6) is 0 Å². The Bertz CT molecular complexity index is 446. The fraction of sp³-hybridized carbons (Fsp3) is 0.250. The quantitative estimate of drug-likeness (QED) is 0.658. The summed E-state index contributed by atoms with van der Waals surface area (Å²) in [5, 5.41) is 2.62. The number of alkyl carbamates (subject to hydrolysis) is 1. The van der Waals surface area contributed by atoms with Gasteiger partial charge < -0.3 is 4.74 Å². The highest BCUT2D eigenvalue weighted by Crippen LogP contribution is 2.01. The van der Waals surface area contributed by atoms with E-state index >= 15 is 0 Å². The molecule has 1 aromatic rings. The number of hydrogen-bond acceptors (Lipinski definition) is 4. The van der Waals surface area contributed by atoms with Gasteiger partial charge in [0.25, 0.3) is 0 Å². The van der Waals surface area contributed by atoms with Crippen LogP contribution in [-0.4, -0.2) is 23.4 Å². The molecule has 0 radical (unpaired) electrons. The lowest BCUT2D eigenvalue weighted by molar-refractivity contribution is -0.115. The van der Waals surface area contributed by atoms with Gasteiger partial charge in [0.05, 0.1) is 0 Å². The van der Waals surface area contributed by atoms with Crippen LogP contribution in [0.2, 0.25) is 0 Å². The Kier molecular flexibility index (Phi) is 5.93. The molecule has 5 nitrogen and oxygen atoms in total. The molecule has 0 spiro atoms. The third kappa shape index (κ3) is 5.49. The lowest BCUT2D eigenvalue weighted by atomic mass is 10.2. The molecule has 1 aromatic carbocycles. The zero-order chi connectivity index (χ0) is 13.4. The van der Waals surface area contributed by atoms with Gasteiger partial charge in [-0.25, -0.2) is 4.79 Å². The van der Waals surface area contributed by atoms with Crippen LogP contribution in [0.15, 0.2) is 35.3 Å². The molecule has 0 fully saturated rings. The molecule has 0 aliphatic heterocycles. The van der Waals surface area contributed by atoms with E-state index in [1.807, 2.05) is 30.3 Å². The number of ether oxygens (including phenoxy) is 1. The van der Waals surface area contributed by atoms with Gasteiger partial charge in [-0.1, -0.05) is 42.1 Å². The molecule has 6 heteroatoms. The summed E-state index contributed by atoms with van der Waals surface area (Å²) in [4.78, 5) is 25.8. The highest BCUT2D eigenvalue weighted by molar-refractivity contribution is 8.13. The maximum atomic E-state index is 11.4. The molecule has 0 aliphatic rings. The van der Waals surface area contributed by atoms with Gasteiger partial charge in [-0.3, -0.25) is 10.1 Å². The van der Waals surface area contributed by atoms with E-state index in [0.717, 1.165) is 5.56 Å². The summed E-state index contributed by atoms with van der Waals surface area (Å²) >= 11 is 1.17. The van der Waals surface area contributed by atoms with Gasteiger partial charge in [0.1, 0.15) is 6.61 Å². The van der Waals surface area contributed by atoms with E-state index in [4.69, 9.17) is 4.74 Å². The van der Waals surface area contributed by atoms with Gasteiger partial charge >= 0.3 is 6.09 Å². The minimum absolute atomic E-state index is 0.175. The van der Waals surface area contributed by atoms with E-state index in [1.54, 1.807) is 6.26 Å². The number of nitrogens with zero attached hydrogens (tertiary/aromatic N) is 1. The monoisotopic (exact) mass is 266 g/mol. The number of amidine groups is 1. The number of thioether (sulfide) groups is 1. The molecule has 96 valence electrons. The fourth-order valence-corrected chi connectivity index (χ4v) is 1.52. The molecule has 1 rings (SSSR count). The van der Waals surface area contributed by atoms with Crippen LogP contribution < -0.4 is 5.32 Å². The summed E-state index contributed by atoms with van der Waals surface area (Å²) in [5.74, 6) is -0.372. The van der Waals surface area contributed by atoms with Crippen LogP contribution in [0.25, 0.3) is 0 Å². The number of aliphatic imine (C=N–C) groups is 1. The van der Waals surface area contributed by atoms with Crippen LogP contribution in [-0.2, 0) is 16.1 Å². The minimum Gasteiger partial charge on any atom is -0.444 e. The van der Waals surface area contributed by atoms with Crippen molar-refractivity contribution in [1.82, 2.24) is 5.32 Å². The molecule has 0 bridgehead atoms. The third-order valence-electron chi connectivity index (χ3n) is 1.87. The van der Waals surface area contributed by atoms with Crippen molar-refractivity contribution in [2.75, 3.05) is 6.26 Å². The summed E-state index contributed by atoms with van der Waals surface area (Å²) in [7, 11) is 0. The Labute approximate surface area is 110 Å². The van der Waals surface area contributed by atoms with Gasteiger partial charge in [-0.15, -0.1) is 0 Å². The molecule has 0 saturated carbocycles. The topological polar surface area (TPSA) is 67.8 Å². The first-order chi connectivity index (χ1) is 8.61. The Morgan fingerprint density at radius 2 is 2.00 bits per heavy atom. The van der Waals surface area contributed by atoms with E-state index in [2.05, 4.69) is 10.3 Å². The second-order valence-corrected chi connectivity index (χ2v) is 4.12. The zero-order valence-corrected chi connectivity index (χ0v) is 11.0. The second-order valence-electron chi connectivity index (χ2n) is 3.33. The number of nitrogens with one attached hydrogen (secondary N) is 1. The van der Waals surface area contributed by atoms with Crippen molar-refractivity contribution in [3.05, 3.63) is 35.9 Å². The molecule has 0 atom stereocenters. The summed E-state index contributed by atoms with van der Waals surface area (Å²) in [5.41, 5.74) is 0.891. The standard InChI is InChI=1S/C12H14N2O3S/c1-9(15)13-11(18-2)14-12(16)17-8-10-6-4-3-5-7-10/h3-7H,8H2,1-2H3,(H,13,14,15,16). The fourth-order valence-electron chi connectivity index (χ4n) is 1.11. The number of rotatable bonds is 2. The van der Waals surface area contributed by atoms with Gasteiger partial charge in [-0.05, 0) is 11.8 Å². The van der Waals surface area contributed by atoms with E-state index < -0.39 is 6.09 Å². The van der Waals surface area contributed by atoms with Crippen molar-refractivity contribution in [1.29, 1.82) is 0 Å². The van der Waals surface area contributed by atoms with E-state index in [-0.39, 0.29) is 17.7 Å². The number of amides is 2. The molecule has 0 saturated heterocycles. The maximum Gasteiger partial charge on any atom is 0.413 e. The first kappa shape index (κ1) is 14.2. The molecule has 2 amide bonds. The van der Waals surface area contributed by atoms with Crippen molar-refractivity contribution < 1.29 is 14.3 Å². The molecular formula is C12H14N2O3S. The molecule has 0 unspecified atom stereocenters. The minimum atomic E-state index is -0.631. The average molecular weight is 266 g/mol. The van der Waals surface area contributed by atoms with Crippen LogP contribution in [0.1, 0.15) is 12.5 Å². The Morgan fingerprint density at radius 1 is 1.33 bits per heavy atom. The van der Waals surface area contributed by atoms with E-state index in [0.29, 0.717) is 0 Å². The van der Waals surface area contributed by atoms with Crippen molar-refractivity contribution >= 4 is 28.9 Å². The predicted octanol–water partition coefficient (Wildman–Crippen LogP) is 2.18. The van der Waals surface area contributed by atoms with Crippen molar-refractivity contribution in [2.45, 2.75) is 13.5 Å². The summed E-state index contributed by atoms with van der Waals surface area (Å²) in [6.45, 7) is 1.49. The van der Waals surface area contributed by atoms with E-state index in [9.17, 15) is 9.59 Å². The molecule has 0 aromatic heterocycles. The normalized spacial score (nSPS) is 10.9. The lowest BCUT2D eigenvalue weighted by Crippen LogP contribution is -2.29. The average Bonchev–Trinajstić information content (AvgIpc) is 2.36. The lowest BCUT2D eigenvalue weighted by Gasteiger charge is -2.07. The number of carbonyl (C=O) groups excluding carboxylic acids is 2. The molecule has 1 N–H and O–H groups in total. The Balaban J connectivity index is 2.44. The highest BCUT2D eigenvalue weighted by Gasteiger charge is 2.07. The van der Waals surface area contributed by atoms with Crippen molar-refractivity contribution in [3.63, 3.8) is 0 Å². The Morgan fingerprint density at radius 3 is 2.56 bits per heavy atom. The summed E-state index contributed by atoms with van der Waals surface area (Å²) in [6.07, 6.45) is 1.08. The van der Waals surface area contributed by atoms with Crippen LogP contribution in [0, 0.1) is 0 Å².